The lowest BCUT2D eigenvalue weighted by molar-refractivity contribution is 0.262. The first kappa shape index (κ1) is 15.5. The van der Waals surface area contributed by atoms with E-state index in [1.807, 2.05) is 19.1 Å². The Labute approximate surface area is 130 Å². The Balaban J connectivity index is 2.03. The third-order valence-electron chi connectivity index (χ3n) is 2.87. The Morgan fingerprint density at radius 1 is 1.19 bits per heavy atom. The molecule has 0 aliphatic rings. The second-order valence-corrected chi connectivity index (χ2v) is 5.47. The highest BCUT2D eigenvalue weighted by molar-refractivity contribution is 9.10. The van der Waals surface area contributed by atoms with Gasteiger partial charge in [-0.2, -0.15) is 0 Å². The van der Waals surface area contributed by atoms with E-state index in [0.29, 0.717) is 15.8 Å². The highest BCUT2D eigenvalue weighted by Crippen LogP contribution is 2.23. The molecule has 4 N–H and O–H groups in total. The molecular weight excluding hydrogens is 337 g/mol. The summed E-state index contributed by atoms with van der Waals surface area (Å²) < 4.78 is 13.7. The molecular formula is C15H15BrFN3O. The fourth-order valence-electron chi connectivity index (χ4n) is 1.75. The van der Waals surface area contributed by atoms with E-state index in [4.69, 9.17) is 5.73 Å². The lowest BCUT2D eigenvalue weighted by Gasteiger charge is -2.10. The molecule has 0 aromatic heterocycles. The number of hydrogen-bond acceptors (Lipinski definition) is 2. The molecule has 0 aliphatic heterocycles. The predicted molar refractivity (Wildman–Crippen MR) is 85.8 cm³/mol. The largest absolute Gasteiger partial charge is 0.324 e. The van der Waals surface area contributed by atoms with Gasteiger partial charge in [0.2, 0.25) is 0 Å². The van der Waals surface area contributed by atoms with E-state index in [9.17, 15) is 9.18 Å². The van der Waals surface area contributed by atoms with Crippen molar-refractivity contribution in [2.45, 2.75) is 13.0 Å². The summed E-state index contributed by atoms with van der Waals surface area (Å²) in [4.78, 5) is 11.9. The normalized spacial score (nSPS) is 11.8. The van der Waals surface area contributed by atoms with Gasteiger partial charge in [0.1, 0.15) is 5.82 Å². The van der Waals surface area contributed by atoms with Crippen molar-refractivity contribution < 1.29 is 9.18 Å². The van der Waals surface area contributed by atoms with Crippen LogP contribution >= 0.6 is 15.9 Å². The van der Waals surface area contributed by atoms with Gasteiger partial charge in [0.25, 0.3) is 0 Å². The van der Waals surface area contributed by atoms with Crippen molar-refractivity contribution in [3.8, 4) is 0 Å². The molecule has 21 heavy (non-hydrogen) atoms. The van der Waals surface area contributed by atoms with Crippen molar-refractivity contribution in [3.63, 3.8) is 0 Å². The predicted octanol–water partition coefficient (Wildman–Crippen LogP) is 4.25. The fourth-order valence-corrected chi connectivity index (χ4v) is 2.09. The molecule has 2 aromatic rings. The number of urea groups is 1. The first-order chi connectivity index (χ1) is 9.95. The molecule has 0 saturated carbocycles. The van der Waals surface area contributed by atoms with Gasteiger partial charge in [-0.05, 0) is 58.7 Å². The number of amides is 2. The van der Waals surface area contributed by atoms with Gasteiger partial charge in [0.05, 0.1) is 5.69 Å². The SMILES string of the molecule is CC(N)c1ccc(NC(=O)Nc2cc(F)ccc2Br)cc1. The molecule has 0 aliphatic carbocycles. The zero-order valence-electron chi connectivity index (χ0n) is 11.4. The minimum Gasteiger partial charge on any atom is -0.324 e. The van der Waals surface area contributed by atoms with Crippen molar-refractivity contribution in [2.24, 2.45) is 5.73 Å². The molecule has 0 saturated heterocycles. The second-order valence-electron chi connectivity index (χ2n) is 4.61. The standard InChI is InChI=1S/C15H15BrFN3O/c1-9(18)10-2-5-12(6-3-10)19-15(21)20-14-8-11(17)4-7-13(14)16/h2-9H,18H2,1H3,(H2,19,20,21). The Hall–Kier alpha value is -1.92. The summed E-state index contributed by atoms with van der Waals surface area (Å²) in [5, 5.41) is 5.24. The Kier molecular flexibility index (Phi) is 4.93. The fraction of sp³-hybridized carbons (Fsp3) is 0.133. The summed E-state index contributed by atoms with van der Waals surface area (Å²) in [6.45, 7) is 1.89. The summed E-state index contributed by atoms with van der Waals surface area (Å²) in [6, 6.07) is 10.8. The Bertz CT molecular complexity index is 644. The van der Waals surface area contributed by atoms with Crippen LogP contribution in [0.5, 0.6) is 0 Å². The molecule has 0 radical (unpaired) electrons. The number of benzene rings is 2. The topological polar surface area (TPSA) is 67.1 Å². The van der Waals surface area contributed by atoms with E-state index >= 15 is 0 Å². The van der Waals surface area contributed by atoms with Crippen molar-refractivity contribution in [1.29, 1.82) is 0 Å². The van der Waals surface area contributed by atoms with Crippen LogP contribution in [-0.4, -0.2) is 6.03 Å². The molecule has 0 bridgehead atoms. The molecule has 0 fully saturated rings. The first-order valence-corrected chi connectivity index (χ1v) is 7.13. The second kappa shape index (κ2) is 6.69. The van der Waals surface area contributed by atoms with E-state index < -0.39 is 11.8 Å². The number of carbonyl (C=O) groups excluding carboxylic acids is 1. The lowest BCUT2D eigenvalue weighted by Crippen LogP contribution is -2.19. The Morgan fingerprint density at radius 2 is 1.86 bits per heavy atom. The molecule has 2 aromatic carbocycles. The van der Waals surface area contributed by atoms with Gasteiger partial charge in [-0.25, -0.2) is 9.18 Å². The molecule has 2 amide bonds. The van der Waals surface area contributed by atoms with Crippen LogP contribution in [0.3, 0.4) is 0 Å². The number of nitrogens with one attached hydrogen (secondary N) is 2. The number of rotatable bonds is 3. The zero-order valence-corrected chi connectivity index (χ0v) is 12.9. The van der Waals surface area contributed by atoms with E-state index in [-0.39, 0.29) is 6.04 Å². The molecule has 6 heteroatoms. The number of hydrogen-bond donors (Lipinski definition) is 3. The maximum Gasteiger partial charge on any atom is 0.323 e. The first-order valence-electron chi connectivity index (χ1n) is 6.34. The van der Waals surface area contributed by atoms with Crippen LogP contribution < -0.4 is 16.4 Å². The van der Waals surface area contributed by atoms with Crippen molar-refractivity contribution in [2.75, 3.05) is 10.6 Å². The molecule has 4 nitrogen and oxygen atoms in total. The summed E-state index contributed by atoms with van der Waals surface area (Å²) in [5.41, 5.74) is 7.73. The Morgan fingerprint density at radius 3 is 2.48 bits per heavy atom. The van der Waals surface area contributed by atoms with Gasteiger partial charge in [0.15, 0.2) is 0 Å². The third-order valence-corrected chi connectivity index (χ3v) is 3.56. The molecule has 1 atom stereocenters. The third kappa shape index (κ3) is 4.27. The van der Waals surface area contributed by atoms with Crippen molar-refractivity contribution in [1.82, 2.24) is 0 Å². The van der Waals surface area contributed by atoms with Gasteiger partial charge in [-0.15, -0.1) is 0 Å². The van der Waals surface area contributed by atoms with E-state index in [1.165, 1.54) is 18.2 Å². The highest BCUT2D eigenvalue weighted by Gasteiger charge is 2.07. The molecule has 110 valence electrons. The quantitative estimate of drug-likeness (QED) is 0.773. The van der Waals surface area contributed by atoms with Crippen LogP contribution in [0.1, 0.15) is 18.5 Å². The maximum atomic E-state index is 13.1. The van der Waals surface area contributed by atoms with E-state index in [2.05, 4.69) is 26.6 Å². The van der Waals surface area contributed by atoms with Crippen LogP contribution in [-0.2, 0) is 0 Å². The van der Waals surface area contributed by atoms with Crippen LogP contribution in [0.2, 0.25) is 0 Å². The molecule has 0 heterocycles. The maximum absolute atomic E-state index is 13.1. The van der Waals surface area contributed by atoms with Crippen LogP contribution in [0, 0.1) is 5.82 Å². The summed E-state index contributed by atoms with van der Waals surface area (Å²) in [7, 11) is 0. The number of anilines is 2. The zero-order chi connectivity index (χ0) is 15.4. The van der Waals surface area contributed by atoms with Crippen LogP contribution in [0.4, 0.5) is 20.6 Å². The number of carbonyl (C=O) groups is 1. The van der Waals surface area contributed by atoms with Gasteiger partial charge < -0.3 is 16.4 Å². The van der Waals surface area contributed by atoms with Crippen LogP contribution in [0.15, 0.2) is 46.9 Å². The van der Waals surface area contributed by atoms with Crippen molar-refractivity contribution in [3.05, 3.63) is 58.3 Å². The minimum absolute atomic E-state index is 0.0591. The minimum atomic E-state index is -0.449. The van der Waals surface area contributed by atoms with Crippen LogP contribution in [0.25, 0.3) is 0 Å². The van der Waals surface area contributed by atoms with Gasteiger partial charge >= 0.3 is 6.03 Å². The average Bonchev–Trinajstić information content (AvgIpc) is 2.43. The molecule has 2 rings (SSSR count). The van der Waals surface area contributed by atoms with Crippen molar-refractivity contribution >= 4 is 33.3 Å². The number of nitrogens with two attached hydrogens (primary N) is 1. The number of halogens is 2. The van der Waals surface area contributed by atoms with Gasteiger partial charge in [-0.1, -0.05) is 12.1 Å². The summed E-state index contributed by atoms with van der Waals surface area (Å²) >= 11 is 3.25. The monoisotopic (exact) mass is 351 g/mol. The highest BCUT2D eigenvalue weighted by atomic mass is 79.9. The van der Waals surface area contributed by atoms with Gasteiger partial charge in [-0.3, -0.25) is 0 Å². The summed E-state index contributed by atoms with van der Waals surface area (Å²) in [5.74, 6) is -0.421. The molecule has 1 unspecified atom stereocenters. The lowest BCUT2D eigenvalue weighted by atomic mass is 10.1. The average molecular weight is 352 g/mol. The van der Waals surface area contributed by atoms with E-state index in [1.54, 1.807) is 12.1 Å². The summed E-state index contributed by atoms with van der Waals surface area (Å²) in [6.07, 6.45) is 0. The van der Waals surface area contributed by atoms with Gasteiger partial charge in [0, 0.05) is 16.2 Å². The smallest absolute Gasteiger partial charge is 0.323 e. The van der Waals surface area contributed by atoms with E-state index in [0.717, 1.165) is 5.56 Å². The molecule has 0 spiro atoms.